The lowest BCUT2D eigenvalue weighted by molar-refractivity contribution is 0.100. The van der Waals surface area contributed by atoms with Crippen molar-refractivity contribution in [1.82, 2.24) is 0 Å². The van der Waals surface area contributed by atoms with E-state index < -0.39 is 0 Å². The Kier molecular flexibility index (Phi) is 8.04. The van der Waals surface area contributed by atoms with E-state index in [0.29, 0.717) is 6.54 Å². The minimum Gasteiger partial charge on any atom is -0.322 e. The van der Waals surface area contributed by atoms with Gasteiger partial charge in [-0.15, -0.1) is 17.0 Å². The summed E-state index contributed by atoms with van der Waals surface area (Å²) in [6.45, 7) is 3.20. The highest BCUT2D eigenvalue weighted by Crippen LogP contribution is 2.22. The van der Waals surface area contributed by atoms with Gasteiger partial charge in [0.15, 0.2) is 5.78 Å². The lowest BCUT2D eigenvalue weighted by Crippen LogP contribution is -2.36. The van der Waals surface area contributed by atoms with E-state index in [4.69, 9.17) is 4.99 Å². The quantitative estimate of drug-likeness (QED) is 0.504. The molecule has 2 aromatic carbocycles. The maximum Gasteiger partial charge on any atom is 0.182 e. The largest absolute Gasteiger partial charge is 0.322 e. The highest BCUT2D eigenvalue weighted by atomic mass is 79.9. The monoisotopic (exact) mass is 478 g/mol. The number of Topliss-reactive ketones (excluding diaryl/α,β-unsaturated/α-hetero) is 1. The van der Waals surface area contributed by atoms with Gasteiger partial charge in [-0.25, -0.2) is 0 Å². The summed E-state index contributed by atoms with van der Waals surface area (Å²) in [7, 11) is 0. The van der Waals surface area contributed by atoms with E-state index in [1.165, 1.54) is 6.42 Å². The van der Waals surface area contributed by atoms with E-state index in [1.807, 2.05) is 55.5 Å². The molecule has 0 bridgehead atoms. The van der Waals surface area contributed by atoms with E-state index in [0.717, 1.165) is 52.9 Å². The normalized spacial score (nSPS) is 14.0. The topological polar surface area (TPSA) is 32.7 Å². The minimum absolute atomic E-state index is 0. The van der Waals surface area contributed by atoms with Gasteiger partial charge in [0, 0.05) is 28.7 Å². The van der Waals surface area contributed by atoms with Gasteiger partial charge in [-0.1, -0.05) is 52.2 Å². The first kappa shape index (κ1) is 20.8. The molecule has 3 nitrogen and oxygen atoms in total. The second-order valence-electron chi connectivity index (χ2n) is 6.46. The van der Waals surface area contributed by atoms with Gasteiger partial charge in [0.1, 0.15) is 5.84 Å². The van der Waals surface area contributed by atoms with Crippen LogP contribution in [-0.4, -0.2) is 24.7 Å². The number of carbonyl (C=O) groups is 1. The first-order valence-electron chi connectivity index (χ1n) is 8.80. The second kappa shape index (κ2) is 10.0. The van der Waals surface area contributed by atoms with Crippen LogP contribution in [0.25, 0.3) is 0 Å². The summed E-state index contributed by atoms with van der Waals surface area (Å²) in [5, 5.41) is 0. The van der Waals surface area contributed by atoms with Crippen LogP contribution < -0.4 is 4.90 Å². The smallest absolute Gasteiger partial charge is 0.182 e. The Bertz CT molecular complexity index is 755. The third-order valence-electron chi connectivity index (χ3n) is 4.48. The maximum atomic E-state index is 12.8. The van der Waals surface area contributed by atoms with Gasteiger partial charge >= 0.3 is 0 Å². The number of ketones is 1. The molecule has 0 radical (unpaired) electrons. The first-order valence-corrected chi connectivity index (χ1v) is 9.59. The zero-order valence-electron chi connectivity index (χ0n) is 15.0. The summed E-state index contributed by atoms with van der Waals surface area (Å²) >= 11 is 3.48. The number of benzene rings is 2. The van der Waals surface area contributed by atoms with E-state index in [2.05, 4.69) is 20.8 Å². The molecule has 0 unspecified atom stereocenters. The van der Waals surface area contributed by atoms with E-state index >= 15 is 0 Å². The zero-order chi connectivity index (χ0) is 17.6. The van der Waals surface area contributed by atoms with Gasteiger partial charge in [0.25, 0.3) is 0 Å². The molecule has 1 aliphatic heterocycles. The summed E-state index contributed by atoms with van der Waals surface area (Å²) in [5.74, 6) is 1.15. The number of rotatable bonds is 4. The maximum absolute atomic E-state index is 12.8. The highest BCUT2D eigenvalue weighted by molar-refractivity contribution is 9.10. The molecule has 0 saturated carbocycles. The number of halogens is 2. The van der Waals surface area contributed by atoms with Crippen LogP contribution >= 0.6 is 32.9 Å². The average Bonchev–Trinajstić information content (AvgIpc) is 2.90. The summed E-state index contributed by atoms with van der Waals surface area (Å²) in [4.78, 5) is 19.7. The van der Waals surface area contributed by atoms with Crippen molar-refractivity contribution in [3.63, 3.8) is 0 Å². The second-order valence-corrected chi connectivity index (χ2v) is 7.38. The number of nitrogens with zero attached hydrogens (tertiary/aromatic N) is 2. The third kappa shape index (κ3) is 5.52. The molecule has 3 rings (SSSR count). The summed E-state index contributed by atoms with van der Waals surface area (Å²) < 4.78 is 1.03. The lowest BCUT2D eigenvalue weighted by atomic mass is 10.1. The average molecular weight is 480 g/mol. The molecular formula is C21H24Br2N2O. The standard InChI is InChI=1S/C21H23BrN2O.BrH/c1-16-6-8-17(9-7-16)20(25)15-24(19-12-10-18(22)11-13-19)21-5-3-2-4-14-23-21;/h6-13H,2-5,14-15H2,1H3;1H. The molecule has 26 heavy (non-hydrogen) atoms. The van der Waals surface area contributed by atoms with Crippen LogP contribution in [-0.2, 0) is 0 Å². The molecule has 0 spiro atoms. The van der Waals surface area contributed by atoms with Crippen LogP contribution in [0, 0.1) is 6.92 Å². The molecule has 0 fully saturated rings. The molecule has 0 aliphatic carbocycles. The van der Waals surface area contributed by atoms with Crippen molar-refractivity contribution in [1.29, 1.82) is 0 Å². The number of aryl methyl sites for hydroxylation is 1. The van der Waals surface area contributed by atoms with Crippen LogP contribution in [0.4, 0.5) is 5.69 Å². The van der Waals surface area contributed by atoms with E-state index in [-0.39, 0.29) is 22.8 Å². The Labute approximate surface area is 174 Å². The van der Waals surface area contributed by atoms with Crippen molar-refractivity contribution in [2.75, 3.05) is 18.0 Å². The van der Waals surface area contributed by atoms with Crippen molar-refractivity contribution in [3.8, 4) is 0 Å². The van der Waals surface area contributed by atoms with Gasteiger partial charge in [0.2, 0.25) is 0 Å². The number of anilines is 1. The molecule has 0 N–H and O–H groups in total. The van der Waals surface area contributed by atoms with Crippen molar-refractivity contribution >= 4 is 50.2 Å². The summed E-state index contributed by atoms with van der Waals surface area (Å²) in [6.07, 6.45) is 4.39. The molecule has 0 saturated heterocycles. The van der Waals surface area contributed by atoms with Crippen LogP contribution in [0.1, 0.15) is 41.6 Å². The molecular weight excluding hydrogens is 456 g/mol. The number of amidine groups is 1. The van der Waals surface area contributed by atoms with Crippen LogP contribution in [0.2, 0.25) is 0 Å². The van der Waals surface area contributed by atoms with Crippen molar-refractivity contribution in [2.24, 2.45) is 4.99 Å². The highest BCUT2D eigenvalue weighted by Gasteiger charge is 2.19. The zero-order valence-corrected chi connectivity index (χ0v) is 18.2. The summed E-state index contributed by atoms with van der Waals surface area (Å²) in [6, 6.07) is 15.9. The Morgan fingerprint density at radius 3 is 2.42 bits per heavy atom. The van der Waals surface area contributed by atoms with E-state index in [1.54, 1.807) is 0 Å². The van der Waals surface area contributed by atoms with Crippen LogP contribution in [0.3, 0.4) is 0 Å². The molecule has 1 heterocycles. The van der Waals surface area contributed by atoms with Gasteiger partial charge in [-0.05, 0) is 44.0 Å². The van der Waals surface area contributed by atoms with Gasteiger partial charge < -0.3 is 4.90 Å². The number of hydrogen-bond donors (Lipinski definition) is 0. The Hall–Kier alpha value is -1.46. The Morgan fingerprint density at radius 1 is 1.04 bits per heavy atom. The van der Waals surface area contributed by atoms with Crippen molar-refractivity contribution < 1.29 is 4.79 Å². The lowest BCUT2D eigenvalue weighted by Gasteiger charge is -2.25. The van der Waals surface area contributed by atoms with Crippen LogP contribution in [0.15, 0.2) is 58.0 Å². The predicted octanol–water partition coefficient (Wildman–Crippen LogP) is 6.00. The molecule has 2 aromatic rings. The number of carbonyl (C=O) groups excluding carboxylic acids is 1. The fraction of sp³-hybridized carbons (Fsp3) is 0.333. The number of hydrogen-bond acceptors (Lipinski definition) is 3. The van der Waals surface area contributed by atoms with Crippen molar-refractivity contribution in [2.45, 2.75) is 32.6 Å². The molecule has 0 aromatic heterocycles. The Balaban J connectivity index is 0.00000243. The van der Waals surface area contributed by atoms with Gasteiger partial charge in [-0.2, -0.15) is 0 Å². The SMILES string of the molecule is Br.Cc1ccc(C(=O)CN(C2=NCCCCC2)c2ccc(Br)cc2)cc1. The van der Waals surface area contributed by atoms with Crippen molar-refractivity contribution in [3.05, 3.63) is 64.1 Å². The molecule has 1 aliphatic rings. The molecule has 5 heteroatoms. The Morgan fingerprint density at radius 2 is 1.73 bits per heavy atom. The molecule has 0 amide bonds. The number of aliphatic imine (C=N–C) groups is 1. The molecule has 138 valence electrons. The van der Waals surface area contributed by atoms with E-state index in [9.17, 15) is 4.79 Å². The fourth-order valence-electron chi connectivity index (χ4n) is 3.01. The van der Waals surface area contributed by atoms with Gasteiger partial charge in [0.05, 0.1) is 6.54 Å². The van der Waals surface area contributed by atoms with Crippen LogP contribution in [0.5, 0.6) is 0 Å². The molecule has 0 atom stereocenters. The third-order valence-corrected chi connectivity index (χ3v) is 5.01. The fourth-order valence-corrected chi connectivity index (χ4v) is 3.27. The first-order chi connectivity index (χ1) is 12.1. The minimum atomic E-state index is 0. The predicted molar refractivity (Wildman–Crippen MR) is 118 cm³/mol. The van der Waals surface area contributed by atoms with Gasteiger partial charge in [-0.3, -0.25) is 9.79 Å². The summed E-state index contributed by atoms with van der Waals surface area (Å²) in [5.41, 5.74) is 2.93.